The minimum absolute atomic E-state index is 0.217. The molecule has 0 spiro atoms. The van der Waals surface area contributed by atoms with Gasteiger partial charge in [-0.15, -0.1) is 0 Å². The lowest BCUT2D eigenvalue weighted by Gasteiger charge is -2.28. The van der Waals surface area contributed by atoms with Crippen molar-refractivity contribution in [1.82, 2.24) is 0 Å². The van der Waals surface area contributed by atoms with Crippen LogP contribution in [0, 0.1) is 11.3 Å². The molecule has 2 aromatic carbocycles. The topological polar surface area (TPSA) is 93.1 Å². The highest BCUT2D eigenvalue weighted by atomic mass is 16.5. The van der Waals surface area contributed by atoms with Crippen LogP contribution in [0.15, 0.2) is 24.3 Å². The van der Waals surface area contributed by atoms with Gasteiger partial charge in [-0.25, -0.2) is 0 Å². The molecule has 0 heterocycles. The van der Waals surface area contributed by atoms with Crippen LogP contribution < -0.4 is 0 Å². The van der Waals surface area contributed by atoms with Crippen molar-refractivity contribution in [3.8, 4) is 11.5 Å². The van der Waals surface area contributed by atoms with Gasteiger partial charge in [-0.2, -0.15) is 0 Å². The number of carbonyl (C=O) groups excluding carboxylic acids is 2. The van der Waals surface area contributed by atoms with Crippen LogP contribution in [-0.4, -0.2) is 35.4 Å². The second-order valence-electron chi connectivity index (χ2n) is 19.2. The standard InChI is InChI=1S/C43H68O6/c1-28(20-21-48-35(44)18-16-29-22-31(39(2,3)4)37(46)32(23-29)40(5,6)7)26-43(14,15)27-49-36(45)19-17-30-24-33(41(8,9)10)38(47)34(25-30)42(11,12)13/h22-25,28,46-47H,16-21,26-27H2,1-15H3. The molecule has 0 saturated heterocycles. The molecule has 0 aromatic heterocycles. The second-order valence-corrected chi connectivity index (χ2v) is 19.2. The van der Waals surface area contributed by atoms with Gasteiger partial charge in [-0.1, -0.05) is 128 Å². The van der Waals surface area contributed by atoms with E-state index in [0.717, 1.165) is 46.2 Å². The fourth-order valence-electron chi connectivity index (χ4n) is 6.36. The fourth-order valence-corrected chi connectivity index (χ4v) is 6.36. The number of carbonyl (C=O) groups is 2. The summed E-state index contributed by atoms with van der Waals surface area (Å²) in [6, 6.07) is 8.09. The minimum Gasteiger partial charge on any atom is -0.507 e. The number of benzene rings is 2. The lowest BCUT2D eigenvalue weighted by atomic mass is 9.78. The van der Waals surface area contributed by atoms with E-state index in [1.54, 1.807) is 0 Å². The van der Waals surface area contributed by atoms with Crippen LogP contribution in [0.4, 0.5) is 0 Å². The summed E-state index contributed by atoms with van der Waals surface area (Å²) in [5.41, 5.74) is 4.54. The van der Waals surface area contributed by atoms with Crippen molar-refractivity contribution in [3.63, 3.8) is 0 Å². The van der Waals surface area contributed by atoms with Gasteiger partial charge in [-0.3, -0.25) is 9.59 Å². The zero-order valence-electron chi connectivity index (χ0n) is 33.6. The molecule has 0 amide bonds. The maximum Gasteiger partial charge on any atom is 0.306 e. The lowest BCUT2D eigenvalue weighted by molar-refractivity contribution is -0.147. The Kier molecular flexibility index (Phi) is 13.7. The smallest absolute Gasteiger partial charge is 0.306 e. The second kappa shape index (κ2) is 15.9. The number of hydrogen-bond acceptors (Lipinski definition) is 6. The summed E-state index contributed by atoms with van der Waals surface area (Å²) in [6.07, 6.45) is 3.24. The van der Waals surface area contributed by atoms with Crippen molar-refractivity contribution in [2.24, 2.45) is 11.3 Å². The Morgan fingerprint density at radius 2 is 0.918 bits per heavy atom. The molecule has 276 valence electrons. The SMILES string of the molecule is CC(CCOC(=O)CCc1cc(C(C)(C)C)c(O)c(C(C)(C)C)c1)CC(C)(C)COC(=O)CCc1cc(C(C)(C)C)c(O)c(C(C)(C)C)c1. The third-order valence-electron chi connectivity index (χ3n) is 9.21. The van der Waals surface area contributed by atoms with Crippen LogP contribution in [-0.2, 0) is 53.6 Å². The average molecular weight is 681 g/mol. The Bertz CT molecular complexity index is 1370. The Morgan fingerprint density at radius 1 is 0.592 bits per heavy atom. The van der Waals surface area contributed by atoms with E-state index in [1.165, 1.54) is 0 Å². The molecule has 1 unspecified atom stereocenters. The number of rotatable bonds is 13. The van der Waals surface area contributed by atoms with Crippen LogP contribution >= 0.6 is 0 Å². The van der Waals surface area contributed by atoms with E-state index in [0.29, 0.717) is 37.6 Å². The molecule has 49 heavy (non-hydrogen) atoms. The summed E-state index contributed by atoms with van der Waals surface area (Å²) >= 11 is 0. The summed E-state index contributed by atoms with van der Waals surface area (Å²) in [6.45, 7) is 32.1. The van der Waals surface area contributed by atoms with Crippen LogP contribution in [0.1, 0.15) is 163 Å². The molecule has 0 fully saturated rings. The molecule has 2 N–H and O–H groups in total. The van der Waals surface area contributed by atoms with Gasteiger partial charge in [0.15, 0.2) is 0 Å². The number of phenols is 2. The largest absolute Gasteiger partial charge is 0.507 e. The predicted octanol–water partition coefficient (Wildman–Crippen LogP) is 10.4. The molecular weight excluding hydrogens is 612 g/mol. The third-order valence-corrected chi connectivity index (χ3v) is 9.21. The van der Waals surface area contributed by atoms with Gasteiger partial charge < -0.3 is 19.7 Å². The summed E-state index contributed by atoms with van der Waals surface area (Å²) < 4.78 is 11.4. The Labute approximate surface area is 298 Å². The van der Waals surface area contributed by atoms with Gasteiger partial charge in [0, 0.05) is 12.8 Å². The summed E-state index contributed by atoms with van der Waals surface area (Å²) in [5.74, 6) is 0.522. The fraction of sp³-hybridized carbons (Fsp3) is 0.674. The molecule has 6 nitrogen and oxygen atoms in total. The van der Waals surface area contributed by atoms with Gasteiger partial charge in [0.25, 0.3) is 0 Å². The normalized spacial score (nSPS) is 13.7. The Balaban J connectivity index is 1.86. The van der Waals surface area contributed by atoms with Crippen LogP contribution in [0.3, 0.4) is 0 Å². The van der Waals surface area contributed by atoms with Crippen molar-refractivity contribution in [2.75, 3.05) is 13.2 Å². The Hall–Kier alpha value is -3.02. The van der Waals surface area contributed by atoms with Gasteiger partial charge in [0.05, 0.1) is 13.2 Å². The van der Waals surface area contributed by atoms with Gasteiger partial charge in [0.1, 0.15) is 11.5 Å². The van der Waals surface area contributed by atoms with Gasteiger partial charge in [-0.05, 0) is 92.1 Å². The first kappa shape index (κ1) is 42.1. The van der Waals surface area contributed by atoms with Crippen molar-refractivity contribution >= 4 is 11.9 Å². The molecule has 0 aliphatic carbocycles. The van der Waals surface area contributed by atoms with Crippen molar-refractivity contribution in [3.05, 3.63) is 57.6 Å². The number of ether oxygens (including phenoxy) is 2. The lowest BCUT2D eigenvalue weighted by Crippen LogP contribution is -2.25. The highest BCUT2D eigenvalue weighted by molar-refractivity contribution is 5.70. The first-order chi connectivity index (χ1) is 22.1. The van der Waals surface area contributed by atoms with Gasteiger partial charge in [0.2, 0.25) is 0 Å². The average Bonchev–Trinajstić information content (AvgIpc) is 2.92. The van der Waals surface area contributed by atoms with E-state index in [4.69, 9.17) is 9.47 Å². The minimum atomic E-state index is -0.227. The van der Waals surface area contributed by atoms with Crippen molar-refractivity contribution in [1.29, 1.82) is 0 Å². The molecule has 2 aromatic rings. The monoisotopic (exact) mass is 681 g/mol. The predicted molar refractivity (Wildman–Crippen MR) is 202 cm³/mol. The molecule has 0 aliphatic rings. The van der Waals surface area contributed by atoms with E-state index in [1.807, 2.05) is 24.3 Å². The number of phenolic OH excluding ortho intramolecular Hbond substituents is 2. The first-order valence-corrected chi connectivity index (χ1v) is 18.2. The summed E-state index contributed by atoms with van der Waals surface area (Å²) in [5, 5.41) is 22.0. The zero-order chi connectivity index (χ0) is 37.8. The van der Waals surface area contributed by atoms with E-state index in [-0.39, 0.29) is 57.8 Å². The molecule has 0 aliphatic heterocycles. The highest BCUT2D eigenvalue weighted by Crippen LogP contribution is 2.41. The molecular formula is C43H68O6. The quantitative estimate of drug-likeness (QED) is 0.205. The zero-order valence-corrected chi connectivity index (χ0v) is 33.6. The number of esters is 2. The number of hydrogen-bond donors (Lipinski definition) is 2. The number of aromatic hydroxyl groups is 2. The molecule has 0 saturated carbocycles. The highest BCUT2D eigenvalue weighted by Gasteiger charge is 2.29. The molecule has 1 atom stereocenters. The van der Waals surface area contributed by atoms with Crippen LogP contribution in [0.2, 0.25) is 0 Å². The van der Waals surface area contributed by atoms with Crippen molar-refractivity contribution in [2.45, 2.75) is 164 Å². The molecule has 0 radical (unpaired) electrons. The van der Waals surface area contributed by atoms with E-state index in [9.17, 15) is 19.8 Å². The first-order valence-electron chi connectivity index (χ1n) is 18.2. The Morgan fingerprint density at radius 3 is 1.24 bits per heavy atom. The van der Waals surface area contributed by atoms with E-state index < -0.39 is 0 Å². The van der Waals surface area contributed by atoms with E-state index in [2.05, 4.69) is 104 Å². The maximum atomic E-state index is 12.8. The molecule has 6 heteroatoms. The van der Waals surface area contributed by atoms with Crippen LogP contribution in [0.25, 0.3) is 0 Å². The number of aryl methyl sites for hydroxylation is 2. The maximum absolute atomic E-state index is 12.8. The van der Waals surface area contributed by atoms with Gasteiger partial charge >= 0.3 is 11.9 Å². The molecule has 2 rings (SSSR count). The van der Waals surface area contributed by atoms with Crippen molar-refractivity contribution < 1.29 is 29.3 Å². The summed E-state index contributed by atoms with van der Waals surface area (Å²) in [4.78, 5) is 25.5. The molecule has 0 bridgehead atoms. The van der Waals surface area contributed by atoms with Crippen LogP contribution in [0.5, 0.6) is 11.5 Å². The third kappa shape index (κ3) is 13.0. The summed E-state index contributed by atoms with van der Waals surface area (Å²) in [7, 11) is 0. The van der Waals surface area contributed by atoms with E-state index >= 15 is 0 Å².